The number of ether oxygens (including phenoxy) is 1. The van der Waals surface area contributed by atoms with Crippen LogP contribution in [0.25, 0.3) is 0 Å². The van der Waals surface area contributed by atoms with Crippen molar-refractivity contribution in [2.24, 2.45) is 0 Å². The molecule has 1 atom stereocenters. The molecule has 1 amide bonds. The maximum atomic E-state index is 14.7. The number of hydrogen-bond donors (Lipinski definition) is 0. The van der Waals surface area contributed by atoms with Crippen LogP contribution in [0.4, 0.5) is 33.7 Å². The topological polar surface area (TPSA) is 80.6 Å². The molecule has 1 saturated heterocycles. The van der Waals surface area contributed by atoms with Crippen molar-refractivity contribution in [1.29, 1.82) is 0 Å². The standard InChI is InChI=1S/C17H13F4N5O3/c18-11-5-12(14(20)15(21)16(11)24-3-1-9(27)2-4-24)26-7-10(29-17(26)28)6-25-8-13(19)22-23-25/h1,3,5,8,10H,2,4,6-7H2. The summed E-state index contributed by atoms with van der Waals surface area (Å²) in [6.45, 7) is -0.311. The number of amides is 1. The summed E-state index contributed by atoms with van der Waals surface area (Å²) in [5.74, 6) is -5.07. The van der Waals surface area contributed by atoms with Crippen LogP contribution >= 0.6 is 0 Å². The lowest BCUT2D eigenvalue weighted by Crippen LogP contribution is -2.29. The predicted molar refractivity (Wildman–Crippen MR) is 90.0 cm³/mol. The first-order chi connectivity index (χ1) is 13.8. The van der Waals surface area contributed by atoms with Gasteiger partial charge in [0.2, 0.25) is 0 Å². The Hall–Kier alpha value is -3.44. The van der Waals surface area contributed by atoms with Crippen molar-refractivity contribution >= 4 is 23.3 Å². The van der Waals surface area contributed by atoms with Gasteiger partial charge in [-0.2, -0.15) is 4.39 Å². The van der Waals surface area contributed by atoms with Crippen molar-refractivity contribution < 1.29 is 31.9 Å². The van der Waals surface area contributed by atoms with Crippen LogP contribution < -0.4 is 9.80 Å². The number of anilines is 2. The molecule has 152 valence electrons. The van der Waals surface area contributed by atoms with Gasteiger partial charge >= 0.3 is 6.09 Å². The van der Waals surface area contributed by atoms with Gasteiger partial charge in [-0.1, -0.05) is 10.3 Å². The van der Waals surface area contributed by atoms with E-state index < -0.39 is 47.0 Å². The predicted octanol–water partition coefficient (Wildman–Crippen LogP) is 2.15. The van der Waals surface area contributed by atoms with Gasteiger partial charge < -0.3 is 9.64 Å². The average Bonchev–Trinajstić information content (AvgIpc) is 3.25. The molecule has 1 aromatic carbocycles. The number of benzene rings is 1. The maximum absolute atomic E-state index is 14.7. The summed E-state index contributed by atoms with van der Waals surface area (Å²) in [5.41, 5.74) is -1.28. The second-order valence-electron chi connectivity index (χ2n) is 6.46. The van der Waals surface area contributed by atoms with E-state index >= 15 is 0 Å². The average molecular weight is 411 g/mol. The smallest absolute Gasteiger partial charge is 0.414 e. The van der Waals surface area contributed by atoms with E-state index in [0.717, 1.165) is 26.8 Å². The summed E-state index contributed by atoms with van der Waals surface area (Å²) in [4.78, 5) is 25.2. The second-order valence-corrected chi connectivity index (χ2v) is 6.46. The van der Waals surface area contributed by atoms with Crippen molar-refractivity contribution in [2.75, 3.05) is 22.9 Å². The van der Waals surface area contributed by atoms with Crippen LogP contribution in [0.3, 0.4) is 0 Å². The molecular formula is C17H13F4N5O3. The van der Waals surface area contributed by atoms with E-state index in [-0.39, 0.29) is 31.8 Å². The molecule has 0 aliphatic carbocycles. The molecule has 2 aliphatic heterocycles. The lowest BCUT2D eigenvalue weighted by atomic mass is 10.1. The number of carbonyl (C=O) groups is 2. The van der Waals surface area contributed by atoms with Gasteiger partial charge in [0.05, 0.1) is 25.0 Å². The van der Waals surface area contributed by atoms with Gasteiger partial charge in [-0.15, -0.1) is 0 Å². The lowest BCUT2D eigenvalue weighted by Gasteiger charge is -2.25. The fraction of sp³-hybridized carbons (Fsp3) is 0.294. The number of aromatic nitrogens is 3. The number of rotatable bonds is 4. The molecule has 2 aromatic rings. The van der Waals surface area contributed by atoms with Crippen LogP contribution in [-0.2, 0) is 16.1 Å². The number of ketones is 1. The Morgan fingerprint density at radius 3 is 2.62 bits per heavy atom. The van der Waals surface area contributed by atoms with Crippen LogP contribution in [-0.4, -0.2) is 46.1 Å². The number of cyclic esters (lactones) is 1. The molecule has 8 nitrogen and oxygen atoms in total. The van der Waals surface area contributed by atoms with Crippen LogP contribution in [0.2, 0.25) is 0 Å². The van der Waals surface area contributed by atoms with Gasteiger partial charge in [-0.3, -0.25) is 9.69 Å². The molecule has 1 unspecified atom stereocenters. The summed E-state index contributed by atoms with van der Waals surface area (Å²) in [7, 11) is 0. The zero-order valence-corrected chi connectivity index (χ0v) is 14.7. The Kier molecular flexibility index (Phi) is 4.68. The first-order valence-corrected chi connectivity index (χ1v) is 8.52. The molecule has 0 saturated carbocycles. The Morgan fingerprint density at radius 1 is 1.17 bits per heavy atom. The number of hydrogen-bond acceptors (Lipinski definition) is 6. The van der Waals surface area contributed by atoms with E-state index in [2.05, 4.69) is 10.3 Å². The largest absolute Gasteiger partial charge is 0.442 e. The zero-order chi connectivity index (χ0) is 20.7. The summed E-state index contributed by atoms with van der Waals surface area (Å²) >= 11 is 0. The Balaban J connectivity index is 1.59. The molecule has 0 radical (unpaired) electrons. The summed E-state index contributed by atoms with van der Waals surface area (Å²) in [6.07, 6.45) is 1.45. The minimum atomic E-state index is -1.49. The third-order valence-electron chi connectivity index (χ3n) is 4.51. The monoisotopic (exact) mass is 411 g/mol. The van der Waals surface area contributed by atoms with E-state index in [1.54, 1.807) is 0 Å². The highest BCUT2D eigenvalue weighted by molar-refractivity contribution is 5.92. The first-order valence-electron chi connectivity index (χ1n) is 8.52. The highest BCUT2D eigenvalue weighted by Gasteiger charge is 2.36. The van der Waals surface area contributed by atoms with Gasteiger partial charge in [0.1, 0.15) is 11.8 Å². The zero-order valence-electron chi connectivity index (χ0n) is 14.7. The van der Waals surface area contributed by atoms with Crippen molar-refractivity contribution in [2.45, 2.75) is 19.1 Å². The normalized spacial score (nSPS) is 19.2. The minimum absolute atomic E-state index is 0.00967. The Morgan fingerprint density at radius 2 is 1.97 bits per heavy atom. The molecule has 0 bridgehead atoms. The molecule has 0 spiro atoms. The Labute approximate surface area is 160 Å². The summed E-state index contributed by atoms with van der Waals surface area (Å²) in [5, 5.41) is 6.62. The van der Waals surface area contributed by atoms with Crippen LogP contribution in [0.1, 0.15) is 6.42 Å². The molecule has 1 fully saturated rings. The molecule has 1 aromatic heterocycles. The second kappa shape index (κ2) is 7.18. The van der Waals surface area contributed by atoms with Crippen molar-refractivity contribution in [3.63, 3.8) is 0 Å². The number of carbonyl (C=O) groups excluding carboxylic acids is 2. The molecule has 2 aliphatic rings. The van der Waals surface area contributed by atoms with E-state index in [4.69, 9.17) is 4.74 Å². The third kappa shape index (κ3) is 3.52. The molecule has 29 heavy (non-hydrogen) atoms. The number of halogens is 4. The molecule has 3 heterocycles. The van der Waals surface area contributed by atoms with Gasteiger partial charge in [0.15, 0.2) is 23.2 Å². The van der Waals surface area contributed by atoms with Gasteiger partial charge in [0.25, 0.3) is 5.95 Å². The summed E-state index contributed by atoms with van der Waals surface area (Å²) < 4.78 is 62.9. The SMILES string of the molecule is O=C1C=CN(c2c(F)cc(N3CC(Cn4cc(F)nn4)OC3=O)c(F)c2F)CC1. The molecule has 0 N–H and O–H groups in total. The Bertz CT molecular complexity index is 1020. The molecule has 12 heteroatoms. The fourth-order valence-corrected chi connectivity index (χ4v) is 3.17. The first kappa shape index (κ1) is 18.9. The van der Waals surface area contributed by atoms with E-state index in [9.17, 15) is 27.2 Å². The van der Waals surface area contributed by atoms with Gasteiger partial charge in [-0.25, -0.2) is 22.6 Å². The third-order valence-corrected chi connectivity index (χ3v) is 4.51. The lowest BCUT2D eigenvalue weighted by molar-refractivity contribution is -0.114. The highest BCUT2D eigenvalue weighted by Crippen LogP contribution is 2.35. The quantitative estimate of drug-likeness (QED) is 0.567. The van der Waals surface area contributed by atoms with Crippen molar-refractivity contribution in [1.82, 2.24) is 15.0 Å². The van der Waals surface area contributed by atoms with E-state index in [1.807, 2.05) is 0 Å². The van der Waals surface area contributed by atoms with Crippen molar-refractivity contribution in [3.05, 3.63) is 47.9 Å². The van der Waals surface area contributed by atoms with Crippen LogP contribution in [0.15, 0.2) is 24.5 Å². The van der Waals surface area contributed by atoms with E-state index in [1.165, 1.54) is 6.20 Å². The van der Waals surface area contributed by atoms with Gasteiger partial charge in [-0.05, 0) is 6.08 Å². The van der Waals surface area contributed by atoms with E-state index in [0.29, 0.717) is 6.07 Å². The molecular weight excluding hydrogens is 398 g/mol. The summed E-state index contributed by atoms with van der Waals surface area (Å²) in [6, 6.07) is 0.691. The van der Waals surface area contributed by atoms with Crippen molar-refractivity contribution in [3.8, 4) is 0 Å². The minimum Gasteiger partial charge on any atom is -0.442 e. The number of nitrogens with zero attached hydrogens (tertiary/aromatic N) is 5. The van der Waals surface area contributed by atoms with Crippen LogP contribution in [0, 0.1) is 23.4 Å². The van der Waals surface area contributed by atoms with Crippen LogP contribution in [0.5, 0.6) is 0 Å². The fourth-order valence-electron chi connectivity index (χ4n) is 3.17. The highest BCUT2D eigenvalue weighted by atomic mass is 19.2. The number of allylic oxidation sites excluding steroid dienone is 1. The van der Waals surface area contributed by atoms with Gasteiger partial charge in [0, 0.05) is 25.2 Å². The maximum Gasteiger partial charge on any atom is 0.414 e. The molecule has 4 rings (SSSR count).